The first-order valence-electron chi connectivity index (χ1n) is 5.56. The summed E-state index contributed by atoms with van der Waals surface area (Å²) in [4.78, 5) is 25.4. The van der Waals surface area contributed by atoms with Crippen molar-refractivity contribution in [2.75, 3.05) is 6.54 Å². The lowest BCUT2D eigenvalue weighted by Crippen LogP contribution is -2.30. The molecule has 0 radical (unpaired) electrons. The Morgan fingerprint density at radius 3 is 2.71 bits per heavy atom. The van der Waals surface area contributed by atoms with Crippen LogP contribution >= 0.6 is 0 Å². The predicted molar refractivity (Wildman–Crippen MR) is 64.6 cm³/mol. The smallest absolute Gasteiger partial charge is 0.261 e. The van der Waals surface area contributed by atoms with Gasteiger partial charge in [0.25, 0.3) is 11.8 Å². The summed E-state index contributed by atoms with van der Waals surface area (Å²) in [5, 5.41) is 0. The van der Waals surface area contributed by atoms with E-state index in [9.17, 15) is 9.59 Å². The van der Waals surface area contributed by atoms with Gasteiger partial charge in [-0.15, -0.1) is 12.3 Å². The molecule has 3 nitrogen and oxygen atoms in total. The minimum atomic E-state index is -0.203. The van der Waals surface area contributed by atoms with Crippen LogP contribution in [0.15, 0.2) is 18.2 Å². The SMILES string of the molecule is C#CCCCN1C(=O)c2cccc(C)c2C1=O. The third-order valence-electron chi connectivity index (χ3n) is 2.91. The van der Waals surface area contributed by atoms with Crippen LogP contribution in [0.3, 0.4) is 0 Å². The maximum absolute atomic E-state index is 12.1. The van der Waals surface area contributed by atoms with Crippen LogP contribution in [0.1, 0.15) is 39.1 Å². The molecule has 0 fully saturated rings. The number of terminal acetylenes is 1. The molecule has 1 aromatic carbocycles. The van der Waals surface area contributed by atoms with Crippen molar-refractivity contribution in [2.24, 2.45) is 0 Å². The molecule has 86 valence electrons. The van der Waals surface area contributed by atoms with Gasteiger partial charge in [-0.2, -0.15) is 0 Å². The number of hydrogen-bond acceptors (Lipinski definition) is 2. The van der Waals surface area contributed by atoms with Crippen LogP contribution in [0.2, 0.25) is 0 Å². The number of fused-ring (bicyclic) bond motifs is 1. The Hall–Kier alpha value is -2.08. The van der Waals surface area contributed by atoms with E-state index in [4.69, 9.17) is 6.42 Å². The predicted octanol–water partition coefficient (Wildman–Crippen LogP) is 2.00. The van der Waals surface area contributed by atoms with E-state index in [2.05, 4.69) is 5.92 Å². The average Bonchev–Trinajstić information content (AvgIpc) is 2.55. The van der Waals surface area contributed by atoms with Crippen LogP contribution in [0.4, 0.5) is 0 Å². The molecular formula is C14H13NO2. The number of benzene rings is 1. The summed E-state index contributed by atoms with van der Waals surface area (Å²) in [6.45, 7) is 2.24. The molecule has 0 saturated heterocycles. The molecule has 2 amide bonds. The van der Waals surface area contributed by atoms with Crippen LogP contribution < -0.4 is 0 Å². The van der Waals surface area contributed by atoms with Crippen molar-refractivity contribution in [2.45, 2.75) is 19.8 Å². The van der Waals surface area contributed by atoms with E-state index in [1.807, 2.05) is 13.0 Å². The van der Waals surface area contributed by atoms with Crippen molar-refractivity contribution in [1.29, 1.82) is 0 Å². The van der Waals surface area contributed by atoms with Gasteiger partial charge < -0.3 is 0 Å². The van der Waals surface area contributed by atoms with E-state index < -0.39 is 0 Å². The van der Waals surface area contributed by atoms with Gasteiger partial charge in [0.2, 0.25) is 0 Å². The Kier molecular flexibility index (Phi) is 2.97. The number of nitrogens with zero attached hydrogens (tertiary/aromatic N) is 1. The maximum atomic E-state index is 12.1. The number of aryl methyl sites for hydroxylation is 1. The molecule has 0 atom stereocenters. The fraction of sp³-hybridized carbons (Fsp3) is 0.286. The van der Waals surface area contributed by atoms with Crippen molar-refractivity contribution < 1.29 is 9.59 Å². The molecule has 17 heavy (non-hydrogen) atoms. The Morgan fingerprint density at radius 1 is 1.29 bits per heavy atom. The highest BCUT2D eigenvalue weighted by molar-refractivity contribution is 6.21. The van der Waals surface area contributed by atoms with Crippen LogP contribution in [-0.2, 0) is 0 Å². The molecular weight excluding hydrogens is 214 g/mol. The number of rotatable bonds is 3. The average molecular weight is 227 g/mol. The summed E-state index contributed by atoms with van der Waals surface area (Å²) >= 11 is 0. The summed E-state index contributed by atoms with van der Waals surface area (Å²) < 4.78 is 0. The minimum absolute atomic E-state index is 0.194. The molecule has 1 aliphatic rings. The topological polar surface area (TPSA) is 37.4 Å². The first kappa shape index (κ1) is 11.4. The van der Waals surface area contributed by atoms with E-state index in [0.29, 0.717) is 30.5 Å². The highest BCUT2D eigenvalue weighted by atomic mass is 16.2. The summed E-state index contributed by atoms with van der Waals surface area (Å²) in [5.74, 6) is 2.11. The van der Waals surface area contributed by atoms with Crippen LogP contribution in [0, 0.1) is 19.3 Å². The fourth-order valence-electron chi connectivity index (χ4n) is 2.04. The quantitative estimate of drug-likeness (QED) is 0.450. The number of carbonyl (C=O) groups is 2. The van der Waals surface area contributed by atoms with Crippen LogP contribution in [-0.4, -0.2) is 23.3 Å². The van der Waals surface area contributed by atoms with Gasteiger partial charge in [0.05, 0.1) is 11.1 Å². The maximum Gasteiger partial charge on any atom is 0.261 e. The van der Waals surface area contributed by atoms with Gasteiger partial charge >= 0.3 is 0 Å². The van der Waals surface area contributed by atoms with E-state index in [0.717, 1.165) is 5.56 Å². The molecule has 0 N–H and O–H groups in total. The second-order valence-electron chi connectivity index (χ2n) is 4.07. The molecule has 1 aliphatic heterocycles. The van der Waals surface area contributed by atoms with E-state index in [1.165, 1.54) is 4.90 Å². The lowest BCUT2D eigenvalue weighted by Gasteiger charge is -2.12. The fourth-order valence-corrected chi connectivity index (χ4v) is 2.04. The highest BCUT2D eigenvalue weighted by Crippen LogP contribution is 2.25. The second-order valence-corrected chi connectivity index (χ2v) is 4.07. The Labute approximate surface area is 100 Å². The zero-order valence-electron chi connectivity index (χ0n) is 9.69. The molecule has 3 heteroatoms. The molecule has 1 heterocycles. The standard InChI is InChI=1S/C14H13NO2/c1-3-4-5-9-15-13(16)11-8-6-7-10(2)12(11)14(15)17/h1,6-8H,4-5,9H2,2H3. The molecule has 0 bridgehead atoms. The summed E-state index contributed by atoms with van der Waals surface area (Å²) in [7, 11) is 0. The molecule has 0 aliphatic carbocycles. The molecule has 0 unspecified atom stereocenters. The molecule has 2 rings (SSSR count). The number of carbonyl (C=O) groups excluding carboxylic acids is 2. The van der Waals surface area contributed by atoms with Gasteiger partial charge in [0.15, 0.2) is 0 Å². The first-order chi connectivity index (χ1) is 8.16. The normalized spacial score (nSPS) is 13.8. The van der Waals surface area contributed by atoms with Gasteiger partial charge in [-0.05, 0) is 25.0 Å². The van der Waals surface area contributed by atoms with Gasteiger partial charge in [0, 0.05) is 13.0 Å². The minimum Gasteiger partial charge on any atom is -0.274 e. The van der Waals surface area contributed by atoms with Crippen molar-refractivity contribution in [3.05, 3.63) is 34.9 Å². The van der Waals surface area contributed by atoms with Gasteiger partial charge in [-0.3, -0.25) is 14.5 Å². The van der Waals surface area contributed by atoms with Gasteiger partial charge in [-0.1, -0.05) is 12.1 Å². The Bertz CT molecular complexity index is 526. The third-order valence-corrected chi connectivity index (χ3v) is 2.91. The van der Waals surface area contributed by atoms with Crippen molar-refractivity contribution >= 4 is 11.8 Å². The lowest BCUT2D eigenvalue weighted by atomic mass is 10.0. The third kappa shape index (κ3) is 1.83. The van der Waals surface area contributed by atoms with Crippen LogP contribution in [0.25, 0.3) is 0 Å². The van der Waals surface area contributed by atoms with E-state index in [1.54, 1.807) is 12.1 Å². The van der Waals surface area contributed by atoms with Gasteiger partial charge in [-0.25, -0.2) is 0 Å². The number of hydrogen-bond donors (Lipinski definition) is 0. The van der Waals surface area contributed by atoms with E-state index in [-0.39, 0.29) is 11.8 Å². The summed E-state index contributed by atoms with van der Waals surface area (Å²) in [6.07, 6.45) is 6.38. The Balaban J connectivity index is 2.27. The van der Waals surface area contributed by atoms with Crippen molar-refractivity contribution in [1.82, 2.24) is 4.90 Å². The van der Waals surface area contributed by atoms with E-state index >= 15 is 0 Å². The summed E-state index contributed by atoms with van der Waals surface area (Å²) in [6, 6.07) is 5.34. The molecule has 1 aromatic rings. The van der Waals surface area contributed by atoms with Crippen LogP contribution in [0.5, 0.6) is 0 Å². The number of imide groups is 1. The summed E-state index contributed by atoms with van der Waals surface area (Å²) in [5.41, 5.74) is 1.90. The zero-order valence-corrected chi connectivity index (χ0v) is 9.69. The Morgan fingerprint density at radius 2 is 2.06 bits per heavy atom. The van der Waals surface area contributed by atoms with Gasteiger partial charge in [0.1, 0.15) is 0 Å². The first-order valence-corrected chi connectivity index (χ1v) is 5.56. The largest absolute Gasteiger partial charge is 0.274 e. The monoisotopic (exact) mass is 227 g/mol. The molecule has 0 spiro atoms. The van der Waals surface area contributed by atoms with Crippen molar-refractivity contribution in [3.63, 3.8) is 0 Å². The molecule has 0 saturated carbocycles. The highest BCUT2D eigenvalue weighted by Gasteiger charge is 2.35. The molecule has 0 aromatic heterocycles. The lowest BCUT2D eigenvalue weighted by molar-refractivity contribution is 0.0653. The zero-order chi connectivity index (χ0) is 12.4. The second kappa shape index (κ2) is 4.42. The number of unbranched alkanes of at least 4 members (excludes halogenated alkanes) is 1. The van der Waals surface area contributed by atoms with Crippen molar-refractivity contribution in [3.8, 4) is 12.3 Å². The number of amides is 2.